The largest absolute Gasteiger partial charge is 0.369 e. The summed E-state index contributed by atoms with van der Waals surface area (Å²) >= 11 is 0. The minimum absolute atomic E-state index is 0.281. The fraction of sp³-hybridized carbons (Fsp3) is 0.778. The Kier molecular flexibility index (Phi) is 5.90. The zero-order valence-corrected chi connectivity index (χ0v) is 8.29. The second-order valence-corrected chi connectivity index (χ2v) is 3.29. The summed E-state index contributed by atoms with van der Waals surface area (Å²) in [4.78, 5) is 12.6. The standard InChI is InChI=1S/C9H17N3O/c1-8(2)12(7-9(11)13)6-4-3-5-10/h8H,3-4,6-7H2,1-2H3,(H2,11,13). The number of hydrogen-bond acceptors (Lipinski definition) is 3. The van der Waals surface area contributed by atoms with Crippen LogP contribution in [0.5, 0.6) is 0 Å². The van der Waals surface area contributed by atoms with Gasteiger partial charge in [0.05, 0.1) is 12.6 Å². The molecule has 2 N–H and O–H groups in total. The predicted octanol–water partition coefficient (Wildman–Crippen LogP) is 0.486. The second-order valence-electron chi connectivity index (χ2n) is 3.29. The van der Waals surface area contributed by atoms with E-state index in [1.54, 1.807) is 0 Å². The Bertz CT molecular complexity index is 196. The van der Waals surface area contributed by atoms with Crippen LogP contribution in [0.2, 0.25) is 0 Å². The highest BCUT2D eigenvalue weighted by molar-refractivity contribution is 5.75. The van der Waals surface area contributed by atoms with Gasteiger partial charge >= 0.3 is 0 Å². The average Bonchev–Trinajstić information content (AvgIpc) is 2.02. The smallest absolute Gasteiger partial charge is 0.231 e. The Labute approximate surface area is 79.3 Å². The number of carbonyl (C=O) groups excluding carboxylic acids is 1. The molecule has 13 heavy (non-hydrogen) atoms. The van der Waals surface area contributed by atoms with Gasteiger partial charge < -0.3 is 5.73 Å². The first kappa shape index (κ1) is 11.9. The molecule has 4 nitrogen and oxygen atoms in total. The van der Waals surface area contributed by atoms with Crippen molar-refractivity contribution in [3.63, 3.8) is 0 Å². The van der Waals surface area contributed by atoms with Gasteiger partial charge in [-0.1, -0.05) is 0 Å². The molecule has 0 heterocycles. The third-order valence-electron chi connectivity index (χ3n) is 1.82. The van der Waals surface area contributed by atoms with E-state index in [0.717, 1.165) is 13.0 Å². The van der Waals surface area contributed by atoms with Crippen LogP contribution >= 0.6 is 0 Å². The molecular weight excluding hydrogens is 166 g/mol. The van der Waals surface area contributed by atoms with Gasteiger partial charge in [0.25, 0.3) is 0 Å². The molecule has 0 radical (unpaired) electrons. The monoisotopic (exact) mass is 183 g/mol. The summed E-state index contributed by atoms with van der Waals surface area (Å²) in [6.45, 7) is 5.06. The lowest BCUT2D eigenvalue weighted by Crippen LogP contribution is -2.39. The number of unbranched alkanes of at least 4 members (excludes halogenated alkanes) is 1. The van der Waals surface area contributed by atoms with E-state index in [4.69, 9.17) is 11.0 Å². The molecule has 0 aliphatic carbocycles. The lowest BCUT2D eigenvalue weighted by Gasteiger charge is -2.24. The van der Waals surface area contributed by atoms with Gasteiger partial charge in [-0.05, 0) is 26.8 Å². The van der Waals surface area contributed by atoms with E-state index in [-0.39, 0.29) is 12.5 Å². The number of nitrogens with zero attached hydrogens (tertiary/aromatic N) is 2. The SMILES string of the molecule is CC(C)N(CCCC#N)CC(N)=O. The van der Waals surface area contributed by atoms with Crippen molar-refractivity contribution in [1.82, 2.24) is 4.90 Å². The highest BCUT2D eigenvalue weighted by atomic mass is 16.1. The van der Waals surface area contributed by atoms with Gasteiger partial charge in [-0.15, -0.1) is 0 Å². The highest BCUT2D eigenvalue weighted by Crippen LogP contribution is 2.00. The van der Waals surface area contributed by atoms with Crippen molar-refractivity contribution < 1.29 is 4.79 Å². The summed E-state index contributed by atoms with van der Waals surface area (Å²) in [6.07, 6.45) is 1.32. The van der Waals surface area contributed by atoms with Crippen molar-refractivity contribution in [3.05, 3.63) is 0 Å². The normalized spacial score (nSPS) is 10.4. The fourth-order valence-electron chi connectivity index (χ4n) is 1.08. The number of carbonyl (C=O) groups is 1. The van der Waals surface area contributed by atoms with Gasteiger partial charge in [-0.25, -0.2) is 0 Å². The maximum atomic E-state index is 10.7. The number of nitrogens with two attached hydrogens (primary N) is 1. The molecular formula is C9H17N3O. The van der Waals surface area contributed by atoms with Crippen LogP contribution in [-0.2, 0) is 4.79 Å². The fourth-order valence-corrected chi connectivity index (χ4v) is 1.08. The summed E-state index contributed by atoms with van der Waals surface area (Å²) in [6, 6.07) is 2.37. The minimum atomic E-state index is -0.314. The number of nitriles is 1. The van der Waals surface area contributed by atoms with E-state index in [2.05, 4.69) is 6.07 Å². The van der Waals surface area contributed by atoms with E-state index in [9.17, 15) is 4.79 Å². The van der Waals surface area contributed by atoms with Gasteiger partial charge in [-0.3, -0.25) is 9.69 Å². The molecule has 0 bridgehead atoms. The van der Waals surface area contributed by atoms with Crippen molar-refractivity contribution >= 4 is 5.91 Å². The number of amides is 1. The predicted molar refractivity (Wildman–Crippen MR) is 50.8 cm³/mol. The van der Waals surface area contributed by atoms with Crippen LogP contribution in [0.4, 0.5) is 0 Å². The Balaban J connectivity index is 3.82. The molecule has 4 heteroatoms. The van der Waals surface area contributed by atoms with Crippen LogP contribution < -0.4 is 5.73 Å². The van der Waals surface area contributed by atoms with Gasteiger partial charge in [0, 0.05) is 12.5 Å². The lowest BCUT2D eigenvalue weighted by molar-refractivity contribution is -0.119. The summed E-state index contributed by atoms with van der Waals surface area (Å²) in [5, 5.41) is 8.34. The third kappa shape index (κ3) is 6.12. The van der Waals surface area contributed by atoms with Crippen molar-refractivity contribution in [1.29, 1.82) is 5.26 Å². The highest BCUT2D eigenvalue weighted by Gasteiger charge is 2.10. The Hall–Kier alpha value is -1.08. The van der Waals surface area contributed by atoms with Gasteiger partial charge in [-0.2, -0.15) is 5.26 Å². The first-order chi connectivity index (χ1) is 6.07. The van der Waals surface area contributed by atoms with Gasteiger partial charge in [0.15, 0.2) is 0 Å². The molecule has 0 atom stereocenters. The van der Waals surface area contributed by atoms with E-state index >= 15 is 0 Å². The molecule has 0 rings (SSSR count). The van der Waals surface area contributed by atoms with Crippen molar-refractivity contribution in [2.75, 3.05) is 13.1 Å². The number of primary amides is 1. The maximum Gasteiger partial charge on any atom is 0.231 e. The van der Waals surface area contributed by atoms with Crippen LogP contribution in [0.25, 0.3) is 0 Å². The maximum absolute atomic E-state index is 10.7. The van der Waals surface area contributed by atoms with Crippen LogP contribution in [0.3, 0.4) is 0 Å². The third-order valence-corrected chi connectivity index (χ3v) is 1.82. The molecule has 74 valence electrons. The first-order valence-corrected chi connectivity index (χ1v) is 4.47. The second kappa shape index (κ2) is 6.44. The molecule has 0 unspecified atom stereocenters. The minimum Gasteiger partial charge on any atom is -0.369 e. The topological polar surface area (TPSA) is 70.1 Å². The van der Waals surface area contributed by atoms with E-state index in [1.807, 2.05) is 18.7 Å². The first-order valence-electron chi connectivity index (χ1n) is 4.47. The Morgan fingerprint density at radius 1 is 1.62 bits per heavy atom. The molecule has 0 aromatic rings. The summed E-state index contributed by atoms with van der Waals surface area (Å²) < 4.78 is 0. The van der Waals surface area contributed by atoms with E-state index in [0.29, 0.717) is 12.5 Å². The molecule has 1 amide bonds. The number of rotatable bonds is 6. The Morgan fingerprint density at radius 2 is 2.23 bits per heavy atom. The van der Waals surface area contributed by atoms with Gasteiger partial charge in [0.2, 0.25) is 5.91 Å². The molecule has 0 saturated heterocycles. The average molecular weight is 183 g/mol. The van der Waals surface area contributed by atoms with Crippen LogP contribution in [0.1, 0.15) is 26.7 Å². The van der Waals surface area contributed by atoms with Gasteiger partial charge in [0.1, 0.15) is 0 Å². The molecule has 0 saturated carbocycles. The van der Waals surface area contributed by atoms with E-state index in [1.165, 1.54) is 0 Å². The summed E-state index contributed by atoms with van der Waals surface area (Å²) in [7, 11) is 0. The van der Waals surface area contributed by atoms with Crippen LogP contribution in [0, 0.1) is 11.3 Å². The quantitative estimate of drug-likeness (QED) is 0.609. The zero-order chi connectivity index (χ0) is 10.3. The Morgan fingerprint density at radius 3 is 2.62 bits per heavy atom. The molecule has 0 aromatic carbocycles. The zero-order valence-electron chi connectivity index (χ0n) is 8.29. The number of hydrogen-bond donors (Lipinski definition) is 1. The van der Waals surface area contributed by atoms with Crippen LogP contribution in [-0.4, -0.2) is 29.9 Å². The van der Waals surface area contributed by atoms with Crippen molar-refractivity contribution in [2.45, 2.75) is 32.7 Å². The molecule has 0 aliphatic heterocycles. The molecule has 0 aliphatic rings. The van der Waals surface area contributed by atoms with Crippen molar-refractivity contribution in [2.24, 2.45) is 5.73 Å². The lowest BCUT2D eigenvalue weighted by atomic mass is 10.2. The van der Waals surface area contributed by atoms with Crippen LogP contribution in [0.15, 0.2) is 0 Å². The summed E-state index contributed by atoms with van der Waals surface area (Å²) in [5.74, 6) is -0.314. The summed E-state index contributed by atoms with van der Waals surface area (Å²) in [5.41, 5.74) is 5.09. The molecule has 0 spiro atoms. The molecule has 0 aromatic heterocycles. The van der Waals surface area contributed by atoms with Crippen molar-refractivity contribution in [3.8, 4) is 6.07 Å². The molecule has 0 fully saturated rings. The van der Waals surface area contributed by atoms with E-state index < -0.39 is 0 Å².